The van der Waals surface area contributed by atoms with Crippen LogP contribution in [0, 0.1) is 0 Å². The van der Waals surface area contributed by atoms with Crippen LogP contribution in [-0.2, 0) is 0 Å². The third-order valence-electron chi connectivity index (χ3n) is 1.87. The van der Waals surface area contributed by atoms with Crippen molar-refractivity contribution in [3.05, 3.63) is 23.8 Å². The fourth-order valence-corrected chi connectivity index (χ4v) is 1.13. The van der Waals surface area contributed by atoms with Crippen molar-refractivity contribution in [3.63, 3.8) is 0 Å². The van der Waals surface area contributed by atoms with Gasteiger partial charge in [-0.1, -0.05) is 6.92 Å². The average Bonchev–Trinajstić information content (AvgIpc) is 2.25. The summed E-state index contributed by atoms with van der Waals surface area (Å²) in [5.74, 6) is 0.0479. The van der Waals surface area contributed by atoms with Gasteiger partial charge in [-0.05, 0) is 24.6 Å². The summed E-state index contributed by atoms with van der Waals surface area (Å²) in [6, 6.07) is 4.55. The Kier molecular flexibility index (Phi) is 3.97. The van der Waals surface area contributed by atoms with E-state index in [0.29, 0.717) is 18.1 Å². The molecule has 0 aromatic heterocycles. The maximum absolute atomic E-state index is 10.7. The van der Waals surface area contributed by atoms with Crippen molar-refractivity contribution in [3.8, 4) is 11.5 Å². The van der Waals surface area contributed by atoms with Crippen LogP contribution < -0.4 is 9.47 Å². The molecule has 0 saturated carbocycles. The number of rotatable bonds is 5. The molecule has 1 aromatic carbocycles. The van der Waals surface area contributed by atoms with Gasteiger partial charge in [-0.3, -0.25) is 0 Å². The van der Waals surface area contributed by atoms with Gasteiger partial charge in [-0.25, -0.2) is 4.79 Å². The number of hydrogen-bond acceptors (Lipinski definition) is 3. The summed E-state index contributed by atoms with van der Waals surface area (Å²) in [7, 11) is 1.52. The molecule has 0 aliphatic carbocycles. The fourth-order valence-electron chi connectivity index (χ4n) is 1.13. The second-order valence-corrected chi connectivity index (χ2v) is 3.02. The summed E-state index contributed by atoms with van der Waals surface area (Å²) in [4.78, 5) is 10.7. The van der Waals surface area contributed by atoms with Crippen LogP contribution in [0.25, 0.3) is 0 Å². The Hall–Kier alpha value is -1.71. The highest BCUT2D eigenvalue weighted by Crippen LogP contribution is 2.28. The first-order chi connectivity index (χ1) is 7.19. The molecule has 4 nitrogen and oxygen atoms in total. The Morgan fingerprint density at radius 3 is 2.67 bits per heavy atom. The van der Waals surface area contributed by atoms with Crippen molar-refractivity contribution in [2.24, 2.45) is 0 Å². The molecule has 0 aliphatic rings. The molecule has 0 amide bonds. The van der Waals surface area contributed by atoms with Crippen LogP contribution in [0.5, 0.6) is 11.5 Å². The van der Waals surface area contributed by atoms with Crippen LogP contribution in [0.2, 0.25) is 0 Å². The smallest absolute Gasteiger partial charge is 0.335 e. The number of carbonyl (C=O) groups is 1. The van der Waals surface area contributed by atoms with E-state index >= 15 is 0 Å². The number of carboxylic acid groups (broad SMARTS) is 1. The zero-order chi connectivity index (χ0) is 11.3. The zero-order valence-electron chi connectivity index (χ0n) is 8.82. The van der Waals surface area contributed by atoms with Gasteiger partial charge in [0.05, 0.1) is 19.3 Å². The van der Waals surface area contributed by atoms with Crippen molar-refractivity contribution in [1.82, 2.24) is 0 Å². The minimum absolute atomic E-state index is 0.196. The molecule has 0 aliphatic heterocycles. The van der Waals surface area contributed by atoms with Crippen molar-refractivity contribution in [1.29, 1.82) is 0 Å². The van der Waals surface area contributed by atoms with Crippen molar-refractivity contribution in [2.45, 2.75) is 13.3 Å². The first kappa shape index (κ1) is 11.4. The molecule has 1 aromatic rings. The predicted molar refractivity (Wildman–Crippen MR) is 55.7 cm³/mol. The fraction of sp³-hybridized carbons (Fsp3) is 0.364. The lowest BCUT2D eigenvalue weighted by Gasteiger charge is -2.10. The van der Waals surface area contributed by atoms with E-state index in [0.717, 1.165) is 6.42 Å². The Balaban J connectivity index is 2.96. The van der Waals surface area contributed by atoms with E-state index in [1.807, 2.05) is 6.92 Å². The highest BCUT2D eigenvalue weighted by Gasteiger charge is 2.09. The summed E-state index contributed by atoms with van der Waals surface area (Å²) in [6.45, 7) is 2.52. The number of benzene rings is 1. The molecule has 82 valence electrons. The summed E-state index contributed by atoms with van der Waals surface area (Å²) in [5, 5.41) is 8.80. The van der Waals surface area contributed by atoms with Crippen molar-refractivity contribution >= 4 is 5.97 Å². The van der Waals surface area contributed by atoms with Crippen LogP contribution in [0.3, 0.4) is 0 Å². The highest BCUT2D eigenvalue weighted by molar-refractivity contribution is 5.88. The molecular weight excluding hydrogens is 196 g/mol. The number of carboxylic acids is 1. The van der Waals surface area contributed by atoms with Gasteiger partial charge in [0.2, 0.25) is 0 Å². The quantitative estimate of drug-likeness (QED) is 0.809. The van der Waals surface area contributed by atoms with Crippen LogP contribution in [0.15, 0.2) is 18.2 Å². The summed E-state index contributed by atoms with van der Waals surface area (Å²) in [6.07, 6.45) is 0.862. The van der Waals surface area contributed by atoms with E-state index in [1.54, 1.807) is 6.07 Å². The lowest BCUT2D eigenvalue weighted by atomic mass is 10.2. The topological polar surface area (TPSA) is 55.8 Å². The third kappa shape index (κ3) is 2.87. The lowest BCUT2D eigenvalue weighted by Crippen LogP contribution is -2.01. The maximum Gasteiger partial charge on any atom is 0.335 e. The van der Waals surface area contributed by atoms with Gasteiger partial charge in [-0.2, -0.15) is 0 Å². The second-order valence-electron chi connectivity index (χ2n) is 3.02. The average molecular weight is 210 g/mol. The summed E-state index contributed by atoms with van der Waals surface area (Å²) in [5.41, 5.74) is 0.196. The molecule has 0 saturated heterocycles. The Morgan fingerprint density at radius 2 is 2.13 bits per heavy atom. The lowest BCUT2D eigenvalue weighted by molar-refractivity contribution is 0.0696. The molecule has 0 spiro atoms. The number of aromatic carboxylic acids is 1. The molecule has 0 bridgehead atoms. The molecule has 1 N–H and O–H groups in total. The summed E-state index contributed by atoms with van der Waals surface area (Å²) < 4.78 is 10.4. The van der Waals surface area contributed by atoms with Gasteiger partial charge in [0.25, 0.3) is 0 Å². The molecule has 15 heavy (non-hydrogen) atoms. The molecule has 0 fully saturated rings. The molecule has 0 unspecified atom stereocenters. The molecule has 0 radical (unpaired) electrons. The van der Waals surface area contributed by atoms with E-state index in [-0.39, 0.29) is 5.56 Å². The zero-order valence-corrected chi connectivity index (χ0v) is 8.82. The largest absolute Gasteiger partial charge is 0.493 e. The predicted octanol–water partition coefficient (Wildman–Crippen LogP) is 2.18. The first-order valence-electron chi connectivity index (χ1n) is 4.73. The monoisotopic (exact) mass is 210 g/mol. The maximum atomic E-state index is 10.7. The van der Waals surface area contributed by atoms with E-state index in [1.165, 1.54) is 19.2 Å². The minimum Gasteiger partial charge on any atom is -0.493 e. The highest BCUT2D eigenvalue weighted by atomic mass is 16.5. The van der Waals surface area contributed by atoms with Crippen LogP contribution in [-0.4, -0.2) is 24.8 Å². The molecule has 1 rings (SSSR count). The van der Waals surface area contributed by atoms with Crippen LogP contribution in [0.4, 0.5) is 0 Å². The van der Waals surface area contributed by atoms with Crippen molar-refractivity contribution < 1.29 is 19.4 Å². The molecule has 0 heterocycles. The standard InChI is InChI=1S/C11H14O4/c1-3-6-15-10-7-8(11(12)13)4-5-9(10)14-2/h4-5,7H,3,6H2,1-2H3,(H,12,13). The van der Waals surface area contributed by atoms with E-state index in [9.17, 15) is 4.79 Å². The normalized spacial score (nSPS) is 9.73. The molecular formula is C11H14O4. The third-order valence-corrected chi connectivity index (χ3v) is 1.87. The number of ether oxygens (including phenoxy) is 2. The Labute approximate surface area is 88.4 Å². The Morgan fingerprint density at radius 1 is 1.40 bits per heavy atom. The van der Waals surface area contributed by atoms with Gasteiger partial charge >= 0.3 is 5.97 Å². The van der Waals surface area contributed by atoms with Gasteiger partial charge in [0.15, 0.2) is 11.5 Å². The minimum atomic E-state index is -0.973. The van der Waals surface area contributed by atoms with Gasteiger partial charge in [-0.15, -0.1) is 0 Å². The van der Waals surface area contributed by atoms with E-state index < -0.39 is 5.97 Å². The van der Waals surface area contributed by atoms with Crippen LogP contribution >= 0.6 is 0 Å². The van der Waals surface area contributed by atoms with E-state index in [2.05, 4.69) is 0 Å². The molecule has 4 heteroatoms. The van der Waals surface area contributed by atoms with Gasteiger partial charge in [0, 0.05) is 0 Å². The Bertz CT molecular complexity index is 346. The molecule has 0 atom stereocenters. The SMILES string of the molecule is CCCOc1cc(C(=O)O)ccc1OC. The number of hydrogen-bond donors (Lipinski definition) is 1. The van der Waals surface area contributed by atoms with Gasteiger partial charge in [0.1, 0.15) is 0 Å². The van der Waals surface area contributed by atoms with Gasteiger partial charge < -0.3 is 14.6 Å². The van der Waals surface area contributed by atoms with Crippen LogP contribution in [0.1, 0.15) is 23.7 Å². The summed E-state index contributed by atoms with van der Waals surface area (Å²) >= 11 is 0. The van der Waals surface area contributed by atoms with E-state index in [4.69, 9.17) is 14.6 Å². The first-order valence-corrected chi connectivity index (χ1v) is 4.73. The number of methoxy groups -OCH3 is 1. The second kappa shape index (κ2) is 5.24. The van der Waals surface area contributed by atoms with Crippen molar-refractivity contribution in [2.75, 3.05) is 13.7 Å².